The van der Waals surface area contributed by atoms with Crippen LogP contribution in [0.25, 0.3) is 22.3 Å². The second kappa shape index (κ2) is 4.81. The summed E-state index contributed by atoms with van der Waals surface area (Å²) >= 11 is 0. The van der Waals surface area contributed by atoms with Crippen molar-refractivity contribution in [3.63, 3.8) is 0 Å². The number of hydrogen-bond donors (Lipinski definition) is 0. The van der Waals surface area contributed by atoms with Gasteiger partial charge < -0.3 is 9.15 Å². The van der Waals surface area contributed by atoms with E-state index in [1.54, 1.807) is 36.4 Å². The lowest BCUT2D eigenvalue weighted by Crippen LogP contribution is -1.89. The molecule has 0 radical (unpaired) electrons. The van der Waals surface area contributed by atoms with Crippen LogP contribution < -0.4 is 4.74 Å². The molecule has 1 heterocycles. The molecule has 1 aromatic heterocycles. The van der Waals surface area contributed by atoms with Gasteiger partial charge >= 0.3 is 0 Å². The topological polar surface area (TPSA) is 39.4 Å². The van der Waals surface area contributed by atoms with Crippen LogP contribution >= 0.6 is 0 Å². The summed E-state index contributed by atoms with van der Waals surface area (Å²) in [7, 11) is 1.53. The summed E-state index contributed by atoms with van der Waals surface area (Å²) in [6, 6.07) is 11.5. The Morgan fingerprint density at radius 1 is 1.20 bits per heavy atom. The molecule has 0 saturated carbocycles. The molecular weight excluding hydrogens is 259 g/mol. The van der Waals surface area contributed by atoms with E-state index in [0.29, 0.717) is 28.0 Å². The molecule has 0 aliphatic rings. The van der Waals surface area contributed by atoms with Crippen molar-refractivity contribution in [1.29, 1.82) is 0 Å². The molecule has 0 saturated heterocycles. The lowest BCUT2D eigenvalue weighted by Gasteiger charge is -2.04. The maximum atomic E-state index is 13.6. The third-order valence-corrected chi connectivity index (χ3v) is 3.15. The molecule has 3 nitrogen and oxygen atoms in total. The highest BCUT2D eigenvalue weighted by Crippen LogP contribution is 2.32. The Morgan fingerprint density at radius 3 is 2.75 bits per heavy atom. The van der Waals surface area contributed by atoms with E-state index in [1.807, 2.05) is 0 Å². The first-order valence-corrected chi connectivity index (χ1v) is 6.04. The van der Waals surface area contributed by atoms with Gasteiger partial charge in [0.2, 0.25) is 0 Å². The number of fused-ring (bicyclic) bond motifs is 1. The van der Waals surface area contributed by atoms with Crippen LogP contribution in [0.5, 0.6) is 5.75 Å². The van der Waals surface area contributed by atoms with E-state index in [1.165, 1.54) is 13.2 Å². The Morgan fingerprint density at radius 2 is 2.05 bits per heavy atom. The number of carbonyl (C=O) groups is 1. The van der Waals surface area contributed by atoms with Crippen molar-refractivity contribution in [3.8, 4) is 17.1 Å². The Labute approximate surface area is 114 Å². The Hall–Kier alpha value is -2.62. The van der Waals surface area contributed by atoms with Crippen LogP contribution in [-0.4, -0.2) is 13.4 Å². The number of aldehydes is 1. The Balaban J connectivity index is 2.20. The van der Waals surface area contributed by atoms with Gasteiger partial charge in [0, 0.05) is 16.5 Å². The third kappa shape index (κ3) is 1.95. The highest BCUT2D eigenvalue weighted by molar-refractivity contribution is 5.90. The smallest absolute Gasteiger partial charge is 0.170 e. The number of carbonyl (C=O) groups excluding carboxylic acids is 1. The summed E-state index contributed by atoms with van der Waals surface area (Å²) in [6.07, 6.45) is 0.724. The van der Waals surface area contributed by atoms with Gasteiger partial charge in [-0.1, -0.05) is 12.1 Å². The van der Waals surface area contributed by atoms with E-state index in [4.69, 9.17) is 9.15 Å². The SMILES string of the molecule is COc1ccc(-c2cc3cccc(F)c3o2)c(C=O)c1. The van der Waals surface area contributed by atoms with Gasteiger partial charge in [-0.25, -0.2) is 4.39 Å². The summed E-state index contributed by atoms with van der Waals surface area (Å²) < 4.78 is 24.2. The molecule has 0 bridgehead atoms. The maximum Gasteiger partial charge on any atom is 0.170 e. The van der Waals surface area contributed by atoms with Crippen molar-refractivity contribution in [3.05, 3.63) is 53.8 Å². The van der Waals surface area contributed by atoms with Crippen molar-refractivity contribution in [2.24, 2.45) is 0 Å². The summed E-state index contributed by atoms with van der Waals surface area (Å²) in [5.74, 6) is 0.614. The van der Waals surface area contributed by atoms with Gasteiger partial charge in [0.05, 0.1) is 7.11 Å². The van der Waals surface area contributed by atoms with Gasteiger partial charge in [0.1, 0.15) is 11.5 Å². The lowest BCUT2D eigenvalue weighted by molar-refractivity contribution is 0.112. The number of halogens is 1. The number of furan rings is 1. The van der Waals surface area contributed by atoms with Gasteiger partial charge in [0.15, 0.2) is 17.7 Å². The Bertz CT molecular complexity index is 790. The van der Waals surface area contributed by atoms with Crippen LogP contribution in [0, 0.1) is 5.82 Å². The van der Waals surface area contributed by atoms with Gasteiger partial charge in [-0.15, -0.1) is 0 Å². The minimum Gasteiger partial charge on any atom is -0.497 e. The van der Waals surface area contributed by atoms with Crippen LogP contribution in [0.1, 0.15) is 10.4 Å². The zero-order chi connectivity index (χ0) is 14.1. The van der Waals surface area contributed by atoms with E-state index in [0.717, 1.165) is 6.29 Å². The third-order valence-electron chi connectivity index (χ3n) is 3.15. The molecule has 0 amide bonds. The highest BCUT2D eigenvalue weighted by atomic mass is 19.1. The molecule has 0 atom stereocenters. The number of benzene rings is 2. The first kappa shape index (κ1) is 12.4. The fourth-order valence-electron chi connectivity index (χ4n) is 2.15. The van der Waals surface area contributed by atoms with E-state index in [-0.39, 0.29) is 5.58 Å². The van der Waals surface area contributed by atoms with Crippen molar-refractivity contribution in [2.45, 2.75) is 0 Å². The highest BCUT2D eigenvalue weighted by Gasteiger charge is 2.13. The zero-order valence-corrected chi connectivity index (χ0v) is 10.7. The van der Waals surface area contributed by atoms with Crippen molar-refractivity contribution in [1.82, 2.24) is 0 Å². The van der Waals surface area contributed by atoms with Crippen molar-refractivity contribution >= 4 is 17.3 Å². The predicted molar refractivity (Wildman–Crippen MR) is 73.5 cm³/mol. The quantitative estimate of drug-likeness (QED) is 0.674. The summed E-state index contributed by atoms with van der Waals surface area (Å²) in [5.41, 5.74) is 1.23. The second-order valence-corrected chi connectivity index (χ2v) is 4.34. The van der Waals surface area contributed by atoms with Gasteiger partial charge in [0.25, 0.3) is 0 Å². The number of rotatable bonds is 3. The number of para-hydroxylation sites is 1. The standard InChI is InChI=1S/C16H11FO3/c1-19-12-5-6-13(11(7-12)9-18)15-8-10-3-2-4-14(17)16(10)20-15/h2-9H,1H3. The minimum absolute atomic E-state index is 0.190. The molecule has 20 heavy (non-hydrogen) atoms. The van der Waals surface area contributed by atoms with Crippen molar-refractivity contribution < 1.29 is 18.3 Å². The van der Waals surface area contributed by atoms with Gasteiger partial charge in [-0.05, 0) is 30.3 Å². The van der Waals surface area contributed by atoms with Crippen LogP contribution in [0.3, 0.4) is 0 Å². The van der Waals surface area contributed by atoms with E-state index in [2.05, 4.69) is 0 Å². The molecule has 3 aromatic rings. The molecule has 2 aromatic carbocycles. The molecule has 0 N–H and O–H groups in total. The van der Waals surface area contributed by atoms with Gasteiger partial charge in [-0.3, -0.25) is 4.79 Å². The number of methoxy groups -OCH3 is 1. The van der Waals surface area contributed by atoms with E-state index >= 15 is 0 Å². The molecule has 0 aliphatic carbocycles. The van der Waals surface area contributed by atoms with Crippen LogP contribution in [0.2, 0.25) is 0 Å². The van der Waals surface area contributed by atoms with Crippen LogP contribution in [-0.2, 0) is 0 Å². The van der Waals surface area contributed by atoms with E-state index < -0.39 is 5.82 Å². The lowest BCUT2D eigenvalue weighted by atomic mass is 10.1. The zero-order valence-electron chi connectivity index (χ0n) is 10.7. The van der Waals surface area contributed by atoms with Crippen LogP contribution in [0.15, 0.2) is 46.9 Å². The molecule has 4 heteroatoms. The monoisotopic (exact) mass is 270 g/mol. The Kier molecular flexibility index (Phi) is 2.99. The molecule has 3 rings (SSSR count). The largest absolute Gasteiger partial charge is 0.497 e. The second-order valence-electron chi connectivity index (χ2n) is 4.34. The van der Waals surface area contributed by atoms with Crippen LogP contribution in [0.4, 0.5) is 4.39 Å². The summed E-state index contributed by atoms with van der Waals surface area (Å²) in [4.78, 5) is 11.2. The fourth-order valence-corrected chi connectivity index (χ4v) is 2.15. The molecule has 100 valence electrons. The van der Waals surface area contributed by atoms with Crippen molar-refractivity contribution in [2.75, 3.05) is 7.11 Å². The first-order valence-electron chi connectivity index (χ1n) is 6.04. The first-order chi connectivity index (χ1) is 9.72. The average Bonchev–Trinajstić information content (AvgIpc) is 2.92. The summed E-state index contributed by atoms with van der Waals surface area (Å²) in [5, 5.41) is 0.660. The predicted octanol–water partition coefficient (Wildman–Crippen LogP) is 4.06. The maximum absolute atomic E-state index is 13.6. The summed E-state index contributed by atoms with van der Waals surface area (Å²) in [6.45, 7) is 0. The average molecular weight is 270 g/mol. The minimum atomic E-state index is -0.421. The normalized spacial score (nSPS) is 10.7. The molecular formula is C16H11FO3. The fraction of sp³-hybridized carbons (Fsp3) is 0.0625. The van der Waals surface area contributed by atoms with Gasteiger partial charge in [-0.2, -0.15) is 0 Å². The molecule has 0 fully saturated rings. The molecule has 0 spiro atoms. The number of ether oxygens (including phenoxy) is 1. The molecule has 0 unspecified atom stereocenters. The number of hydrogen-bond acceptors (Lipinski definition) is 3. The molecule has 0 aliphatic heterocycles. The van der Waals surface area contributed by atoms with E-state index in [9.17, 15) is 9.18 Å².